The summed E-state index contributed by atoms with van der Waals surface area (Å²) in [7, 11) is 1.56. The van der Waals surface area contributed by atoms with Crippen molar-refractivity contribution in [3.63, 3.8) is 0 Å². The number of rotatable bonds is 8. The van der Waals surface area contributed by atoms with Crippen molar-refractivity contribution >= 4 is 35.0 Å². The topological polar surface area (TPSA) is 67.0 Å². The van der Waals surface area contributed by atoms with Crippen molar-refractivity contribution in [2.45, 2.75) is 30.7 Å². The monoisotopic (exact) mass is 491 g/mol. The number of carbonyl (C=O) groups excluding carboxylic acids is 1. The van der Waals surface area contributed by atoms with Crippen LogP contribution in [-0.4, -0.2) is 28.2 Å². The predicted molar refractivity (Wildman–Crippen MR) is 141 cm³/mol. The molecule has 1 heterocycles. The van der Waals surface area contributed by atoms with E-state index in [1.165, 1.54) is 11.8 Å². The van der Waals surface area contributed by atoms with Crippen LogP contribution in [0.15, 0.2) is 78.0 Å². The maximum atomic E-state index is 13.2. The van der Waals surface area contributed by atoms with Crippen LogP contribution < -0.4 is 10.1 Å². The minimum Gasteiger partial charge on any atom is -0.495 e. The summed E-state index contributed by atoms with van der Waals surface area (Å²) in [6, 6.07) is 23.7. The minimum absolute atomic E-state index is 0.119. The van der Waals surface area contributed by atoms with Gasteiger partial charge in [0.1, 0.15) is 5.75 Å². The molecule has 0 aliphatic carbocycles. The predicted octanol–water partition coefficient (Wildman–Crippen LogP) is 7.22. The summed E-state index contributed by atoms with van der Waals surface area (Å²) in [4.78, 5) is 21.5. The number of nitrogens with zero attached hydrogens (tertiary/aromatic N) is 1. The van der Waals surface area contributed by atoms with Gasteiger partial charge in [0.25, 0.3) is 0 Å². The van der Waals surface area contributed by atoms with E-state index in [0.29, 0.717) is 28.0 Å². The van der Waals surface area contributed by atoms with E-state index in [9.17, 15) is 4.79 Å². The molecule has 4 aromatic rings. The van der Waals surface area contributed by atoms with Crippen LogP contribution in [0.25, 0.3) is 22.5 Å². The van der Waals surface area contributed by atoms with Crippen LogP contribution in [0.1, 0.15) is 18.9 Å². The Morgan fingerprint density at radius 3 is 2.35 bits per heavy atom. The van der Waals surface area contributed by atoms with Crippen molar-refractivity contribution in [3.05, 3.63) is 83.4 Å². The number of aryl methyl sites for hydroxylation is 1. The summed E-state index contributed by atoms with van der Waals surface area (Å²) >= 11 is 7.62. The first-order chi connectivity index (χ1) is 16.5. The van der Waals surface area contributed by atoms with E-state index in [1.54, 1.807) is 13.2 Å². The summed E-state index contributed by atoms with van der Waals surface area (Å²) in [5.41, 5.74) is 5.31. The van der Waals surface area contributed by atoms with Crippen LogP contribution in [0.2, 0.25) is 5.02 Å². The third-order valence-electron chi connectivity index (χ3n) is 5.45. The lowest BCUT2D eigenvalue weighted by molar-refractivity contribution is -0.115. The lowest BCUT2D eigenvalue weighted by Gasteiger charge is -2.16. The lowest BCUT2D eigenvalue weighted by atomic mass is 10.1. The Hall–Kier alpha value is -3.22. The molecule has 0 bridgehead atoms. The van der Waals surface area contributed by atoms with Crippen LogP contribution in [0.3, 0.4) is 0 Å². The molecular formula is C27H26ClN3O2S. The van der Waals surface area contributed by atoms with Crippen LogP contribution in [0.4, 0.5) is 5.69 Å². The molecule has 34 heavy (non-hydrogen) atoms. The first kappa shape index (κ1) is 23.9. The molecular weight excluding hydrogens is 466 g/mol. The van der Waals surface area contributed by atoms with Gasteiger partial charge in [0.15, 0.2) is 5.16 Å². The van der Waals surface area contributed by atoms with Gasteiger partial charge in [0.05, 0.1) is 29.4 Å². The maximum Gasteiger partial charge on any atom is 0.238 e. The van der Waals surface area contributed by atoms with Crippen LogP contribution >= 0.6 is 23.4 Å². The van der Waals surface area contributed by atoms with Gasteiger partial charge in [-0.1, -0.05) is 91.0 Å². The number of hydrogen-bond donors (Lipinski definition) is 2. The fraction of sp³-hybridized carbons (Fsp3) is 0.185. The number of aromatic nitrogens is 2. The number of aromatic amines is 1. The second-order valence-electron chi connectivity index (χ2n) is 7.80. The average molecular weight is 492 g/mol. The van der Waals surface area contributed by atoms with Crippen molar-refractivity contribution < 1.29 is 9.53 Å². The fourth-order valence-electron chi connectivity index (χ4n) is 3.63. The minimum atomic E-state index is -0.348. The van der Waals surface area contributed by atoms with Crippen molar-refractivity contribution in [1.82, 2.24) is 9.97 Å². The summed E-state index contributed by atoms with van der Waals surface area (Å²) in [5, 5.41) is 3.94. The van der Waals surface area contributed by atoms with Crippen molar-refractivity contribution in [2.75, 3.05) is 12.4 Å². The quantitative estimate of drug-likeness (QED) is 0.255. The first-order valence-electron chi connectivity index (χ1n) is 11.0. The van der Waals surface area contributed by atoms with Gasteiger partial charge in [0, 0.05) is 22.2 Å². The Bertz CT molecular complexity index is 1220. The number of benzene rings is 3. The highest BCUT2D eigenvalue weighted by molar-refractivity contribution is 8.00. The molecule has 1 atom stereocenters. The molecule has 0 saturated heterocycles. The molecule has 0 saturated carbocycles. The van der Waals surface area contributed by atoms with E-state index in [2.05, 4.69) is 10.3 Å². The molecule has 0 fully saturated rings. The molecule has 7 heteroatoms. The maximum absolute atomic E-state index is 13.2. The van der Waals surface area contributed by atoms with Gasteiger partial charge in [0.2, 0.25) is 5.91 Å². The number of anilines is 1. The number of imidazole rings is 1. The van der Waals surface area contributed by atoms with E-state index in [-0.39, 0.29) is 11.2 Å². The van der Waals surface area contributed by atoms with E-state index in [0.717, 1.165) is 28.1 Å². The average Bonchev–Trinajstić information content (AvgIpc) is 3.29. The van der Waals surface area contributed by atoms with Crippen LogP contribution in [0, 0.1) is 6.92 Å². The summed E-state index contributed by atoms with van der Waals surface area (Å²) in [6.07, 6.45) is 0.632. The van der Waals surface area contributed by atoms with Gasteiger partial charge < -0.3 is 15.0 Å². The number of hydrogen-bond acceptors (Lipinski definition) is 4. The molecule has 0 spiro atoms. The molecule has 0 aliphatic heterocycles. The highest BCUT2D eigenvalue weighted by Gasteiger charge is 2.23. The third-order valence-corrected chi connectivity index (χ3v) is 7.10. The zero-order valence-corrected chi connectivity index (χ0v) is 20.8. The Balaban J connectivity index is 1.62. The van der Waals surface area contributed by atoms with Crippen molar-refractivity contribution in [1.29, 1.82) is 0 Å². The number of thioether (sulfide) groups is 1. The van der Waals surface area contributed by atoms with Crippen LogP contribution in [-0.2, 0) is 4.79 Å². The van der Waals surface area contributed by atoms with E-state index in [4.69, 9.17) is 21.3 Å². The standard InChI is InChI=1S/C27H26ClN3O2S/c1-4-23(26(32)29-21-15-17(2)20(28)16-22(21)33-3)34-27-30-24(18-11-7-5-8-12-18)25(31-27)19-13-9-6-10-14-19/h5-16,23H,4H2,1-3H3,(H,29,32)(H,30,31). The second kappa shape index (κ2) is 10.8. The number of halogens is 1. The van der Waals surface area contributed by atoms with Gasteiger partial charge in [-0.05, 0) is 25.0 Å². The molecule has 1 unspecified atom stereocenters. The number of methoxy groups -OCH3 is 1. The number of amides is 1. The zero-order valence-electron chi connectivity index (χ0n) is 19.3. The van der Waals surface area contributed by atoms with Gasteiger partial charge in [-0.25, -0.2) is 4.98 Å². The van der Waals surface area contributed by atoms with E-state index < -0.39 is 0 Å². The Kier molecular flexibility index (Phi) is 7.60. The highest BCUT2D eigenvalue weighted by Crippen LogP contribution is 2.35. The SMILES string of the molecule is CCC(Sc1nc(-c2ccccc2)c(-c2ccccc2)[nH]1)C(=O)Nc1cc(C)c(Cl)cc1OC. The van der Waals surface area contributed by atoms with Crippen LogP contribution in [0.5, 0.6) is 5.75 Å². The summed E-state index contributed by atoms with van der Waals surface area (Å²) in [5.74, 6) is 0.408. The summed E-state index contributed by atoms with van der Waals surface area (Å²) < 4.78 is 5.41. The molecule has 3 aromatic carbocycles. The molecule has 1 aromatic heterocycles. The van der Waals surface area contributed by atoms with Gasteiger partial charge in [-0.15, -0.1) is 0 Å². The number of ether oxygens (including phenoxy) is 1. The smallest absolute Gasteiger partial charge is 0.238 e. The molecule has 0 aliphatic rings. The van der Waals surface area contributed by atoms with E-state index in [1.807, 2.05) is 80.6 Å². The number of H-pyrrole nitrogens is 1. The number of nitrogens with one attached hydrogen (secondary N) is 2. The second-order valence-corrected chi connectivity index (χ2v) is 9.40. The molecule has 1 amide bonds. The number of carbonyl (C=O) groups is 1. The molecule has 174 valence electrons. The normalized spacial score (nSPS) is 11.8. The summed E-state index contributed by atoms with van der Waals surface area (Å²) in [6.45, 7) is 3.88. The molecule has 2 N–H and O–H groups in total. The van der Waals surface area contributed by atoms with E-state index >= 15 is 0 Å². The fourth-order valence-corrected chi connectivity index (χ4v) is 4.69. The Morgan fingerprint density at radius 2 is 1.74 bits per heavy atom. The zero-order chi connectivity index (χ0) is 24.1. The Morgan fingerprint density at radius 1 is 1.09 bits per heavy atom. The first-order valence-corrected chi connectivity index (χ1v) is 12.3. The van der Waals surface area contributed by atoms with Crippen molar-refractivity contribution in [3.8, 4) is 28.3 Å². The largest absolute Gasteiger partial charge is 0.495 e. The molecule has 0 radical (unpaired) electrons. The Labute approximate surface area is 208 Å². The van der Waals surface area contributed by atoms with Crippen molar-refractivity contribution in [2.24, 2.45) is 0 Å². The van der Waals surface area contributed by atoms with Gasteiger partial charge in [-0.2, -0.15) is 0 Å². The van der Waals surface area contributed by atoms with Gasteiger partial charge in [-0.3, -0.25) is 4.79 Å². The lowest BCUT2D eigenvalue weighted by Crippen LogP contribution is -2.25. The highest BCUT2D eigenvalue weighted by atomic mass is 35.5. The molecule has 4 rings (SSSR count). The van der Waals surface area contributed by atoms with Gasteiger partial charge >= 0.3 is 0 Å². The molecule has 5 nitrogen and oxygen atoms in total. The third kappa shape index (κ3) is 5.29.